The molecule has 5 nitrogen and oxygen atoms in total. The Balaban J connectivity index is 1.68. The van der Waals surface area contributed by atoms with E-state index in [1.54, 1.807) is 17.7 Å². The van der Waals surface area contributed by atoms with E-state index in [2.05, 4.69) is 37.1 Å². The van der Waals surface area contributed by atoms with Crippen molar-refractivity contribution in [3.8, 4) is 0 Å². The second kappa shape index (κ2) is 8.47. The fourth-order valence-electron chi connectivity index (χ4n) is 4.92. The molecule has 6 heteroatoms. The fourth-order valence-corrected chi connectivity index (χ4v) is 6.18. The number of carbonyl (C=O) groups excluding carboxylic acids is 1. The molecule has 0 spiro atoms. The lowest BCUT2D eigenvalue weighted by Gasteiger charge is -2.33. The standard InChI is InChI=1S/C26H33N3O2S/c1-7-20(23(30)28-18-11-15(2)10-16(3)12-18)29-14-27-24-22(25(29)31)19-9-8-17(26(4,5)6)13-21(19)32-24/h10-12,14,17,20H,7-9,13H2,1-6H3,(H,28,30). The smallest absolute Gasteiger partial charge is 0.263 e. The fraction of sp³-hybridized carbons (Fsp3) is 0.500. The molecule has 0 radical (unpaired) electrons. The van der Waals surface area contributed by atoms with Crippen LogP contribution < -0.4 is 10.9 Å². The highest BCUT2D eigenvalue weighted by molar-refractivity contribution is 7.18. The van der Waals surface area contributed by atoms with Gasteiger partial charge in [-0.1, -0.05) is 33.8 Å². The molecule has 1 N–H and O–H groups in total. The number of aromatic nitrogens is 2. The van der Waals surface area contributed by atoms with Gasteiger partial charge in [-0.15, -0.1) is 11.3 Å². The van der Waals surface area contributed by atoms with E-state index < -0.39 is 6.04 Å². The van der Waals surface area contributed by atoms with Gasteiger partial charge in [-0.25, -0.2) is 4.98 Å². The summed E-state index contributed by atoms with van der Waals surface area (Å²) < 4.78 is 1.53. The summed E-state index contributed by atoms with van der Waals surface area (Å²) in [7, 11) is 0. The molecule has 32 heavy (non-hydrogen) atoms. The minimum Gasteiger partial charge on any atom is -0.324 e. The van der Waals surface area contributed by atoms with E-state index in [0.29, 0.717) is 12.3 Å². The maximum absolute atomic E-state index is 13.6. The highest BCUT2D eigenvalue weighted by Gasteiger charge is 2.32. The zero-order valence-corrected chi connectivity index (χ0v) is 20.7. The number of nitrogens with one attached hydrogen (secondary N) is 1. The molecule has 0 saturated carbocycles. The van der Waals surface area contributed by atoms with Crippen molar-refractivity contribution >= 4 is 33.1 Å². The maximum Gasteiger partial charge on any atom is 0.263 e. The third-order valence-electron chi connectivity index (χ3n) is 6.73. The van der Waals surface area contributed by atoms with Crippen molar-refractivity contribution in [2.24, 2.45) is 11.3 Å². The number of hydrogen-bond acceptors (Lipinski definition) is 4. The van der Waals surface area contributed by atoms with Crippen molar-refractivity contribution in [1.82, 2.24) is 9.55 Å². The summed E-state index contributed by atoms with van der Waals surface area (Å²) in [6, 6.07) is 5.37. The van der Waals surface area contributed by atoms with Gasteiger partial charge in [0.2, 0.25) is 5.91 Å². The van der Waals surface area contributed by atoms with Gasteiger partial charge in [-0.05, 0) is 79.7 Å². The molecule has 1 aromatic carbocycles. The molecule has 0 fully saturated rings. The first-order valence-corrected chi connectivity index (χ1v) is 12.3. The number of hydrogen-bond donors (Lipinski definition) is 1. The van der Waals surface area contributed by atoms with Gasteiger partial charge < -0.3 is 5.32 Å². The molecule has 4 rings (SSSR count). The molecule has 170 valence electrons. The Kier molecular flexibility index (Phi) is 6.01. The van der Waals surface area contributed by atoms with Crippen LogP contribution in [0.15, 0.2) is 29.3 Å². The van der Waals surface area contributed by atoms with Gasteiger partial charge in [-0.3, -0.25) is 14.2 Å². The van der Waals surface area contributed by atoms with Crippen molar-refractivity contribution in [2.45, 2.75) is 73.3 Å². The van der Waals surface area contributed by atoms with Crippen LogP contribution in [0.5, 0.6) is 0 Å². The molecular weight excluding hydrogens is 418 g/mol. The van der Waals surface area contributed by atoms with Gasteiger partial charge in [0.15, 0.2) is 0 Å². The summed E-state index contributed by atoms with van der Waals surface area (Å²) >= 11 is 1.65. The second-order valence-corrected chi connectivity index (χ2v) is 11.3. The van der Waals surface area contributed by atoms with E-state index in [1.807, 2.05) is 32.9 Å². The number of rotatable bonds is 4. The van der Waals surface area contributed by atoms with E-state index >= 15 is 0 Å². The van der Waals surface area contributed by atoms with Crippen LogP contribution in [0.1, 0.15) is 68.1 Å². The zero-order chi connectivity index (χ0) is 23.2. The highest BCUT2D eigenvalue weighted by Crippen LogP contribution is 2.42. The number of aryl methyl sites for hydroxylation is 3. The van der Waals surface area contributed by atoms with Crippen molar-refractivity contribution in [2.75, 3.05) is 5.32 Å². The minimum absolute atomic E-state index is 0.0934. The van der Waals surface area contributed by atoms with Crippen LogP contribution in [0.3, 0.4) is 0 Å². The van der Waals surface area contributed by atoms with Gasteiger partial charge in [0.05, 0.1) is 11.7 Å². The Morgan fingerprint density at radius 2 is 1.94 bits per heavy atom. The Morgan fingerprint density at radius 1 is 1.25 bits per heavy atom. The van der Waals surface area contributed by atoms with Gasteiger partial charge in [0.25, 0.3) is 5.56 Å². The lowest BCUT2D eigenvalue weighted by atomic mass is 9.72. The first-order chi connectivity index (χ1) is 15.1. The van der Waals surface area contributed by atoms with E-state index in [9.17, 15) is 9.59 Å². The van der Waals surface area contributed by atoms with Gasteiger partial charge in [0, 0.05) is 10.6 Å². The quantitative estimate of drug-likeness (QED) is 0.544. The SMILES string of the molecule is CCC(C(=O)Nc1cc(C)cc(C)c1)n1cnc2sc3c(c2c1=O)CCC(C(C)(C)C)C3. The molecule has 1 aliphatic carbocycles. The lowest BCUT2D eigenvalue weighted by molar-refractivity contribution is -0.119. The third kappa shape index (κ3) is 4.25. The Bertz CT molecular complexity index is 1210. The van der Waals surface area contributed by atoms with Crippen LogP contribution in [0.25, 0.3) is 10.2 Å². The Morgan fingerprint density at radius 3 is 2.56 bits per heavy atom. The number of benzene rings is 1. The van der Waals surface area contributed by atoms with Crippen LogP contribution in [-0.4, -0.2) is 15.5 Å². The van der Waals surface area contributed by atoms with E-state index in [0.717, 1.165) is 51.9 Å². The predicted molar refractivity (Wildman–Crippen MR) is 133 cm³/mol. The summed E-state index contributed by atoms with van der Waals surface area (Å²) in [6.45, 7) is 12.8. The lowest BCUT2D eigenvalue weighted by Crippen LogP contribution is -2.33. The van der Waals surface area contributed by atoms with E-state index in [1.165, 1.54) is 9.44 Å². The van der Waals surface area contributed by atoms with Crippen molar-refractivity contribution in [3.63, 3.8) is 0 Å². The topological polar surface area (TPSA) is 64.0 Å². The van der Waals surface area contributed by atoms with Crippen molar-refractivity contribution < 1.29 is 4.79 Å². The second-order valence-electron chi connectivity index (χ2n) is 10.2. The first kappa shape index (κ1) is 22.7. The molecule has 3 aromatic rings. The van der Waals surface area contributed by atoms with E-state index in [4.69, 9.17) is 0 Å². The number of carbonyl (C=O) groups is 1. The molecule has 2 atom stereocenters. The molecule has 2 unspecified atom stereocenters. The van der Waals surface area contributed by atoms with Crippen LogP contribution in [0.4, 0.5) is 5.69 Å². The summed E-state index contributed by atoms with van der Waals surface area (Å²) in [5.74, 6) is 0.426. The Labute approximate surface area is 193 Å². The molecule has 0 bridgehead atoms. The van der Waals surface area contributed by atoms with E-state index in [-0.39, 0.29) is 16.9 Å². The normalized spacial score (nSPS) is 17.2. The Hall–Kier alpha value is -2.47. The summed E-state index contributed by atoms with van der Waals surface area (Å²) in [4.78, 5) is 33.4. The number of anilines is 1. The highest BCUT2D eigenvalue weighted by atomic mass is 32.1. The number of amides is 1. The molecular formula is C26H33N3O2S. The van der Waals surface area contributed by atoms with Crippen LogP contribution >= 0.6 is 11.3 Å². The molecule has 0 aliphatic heterocycles. The summed E-state index contributed by atoms with van der Waals surface area (Å²) in [6.07, 6.45) is 5.07. The van der Waals surface area contributed by atoms with Crippen molar-refractivity contribution in [3.05, 3.63) is 56.4 Å². The minimum atomic E-state index is -0.596. The maximum atomic E-state index is 13.6. The monoisotopic (exact) mass is 451 g/mol. The van der Waals surface area contributed by atoms with Crippen molar-refractivity contribution in [1.29, 1.82) is 0 Å². The predicted octanol–water partition coefficient (Wildman–Crippen LogP) is 5.82. The average molecular weight is 452 g/mol. The largest absolute Gasteiger partial charge is 0.324 e. The van der Waals surface area contributed by atoms with Crippen LogP contribution in [0, 0.1) is 25.2 Å². The molecule has 2 heterocycles. The average Bonchev–Trinajstić information content (AvgIpc) is 3.07. The zero-order valence-electron chi connectivity index (χ0n) is 19.9. The summed E-state index contributed by atoms with van der Waals surface area (Å²) in [5, 5.41) is 3.72. The van der Waals surface area contributed by atoms with Gasteiger partial charge in [-0.2, -0.15) is 0 Å². The molecule has 1 amide bonds. The van der Waals surface area contributed by atoms with Gasteiger partial charge in [0.1, 0.15) is 10.9 Å². The third-order valence-corrected chi connectivity index (χ3v) is 7.90. The molecule has 1 aliphatic rings. The van der Waals surface area contributed by atoms with Crippen LogP contribution in [0.2, 0.25) is 0 Å². The molecule has 0 saturated heterocycles. The van der Waals surface area contributed by atoms with Crippen LogP contribution in [-0.2, 0) is 17.6 Å². The van der Waals surface area contributed by atoms with Gasteiger partial charge >= 0.3 is 0 Å². The summed E-state index contributed by atoms with van der Waals surface area (Å²) in [5.41, 5.74) is 4.25. The number of thiophene rings is 1. The number of fused-ring (bicyclic) bond motifs is 3. The number of nitrogens with zero attached hydrogens (tertiary/aromatic N) is 2. The first-order valence-electron chi connectivity index (χ1n) is 11.5. The molecule has 2 aromatic heterocycles.